The van der Waals surface area contributed by atoms with E-state index in [0.717, 1.165) is 44.7 Å². The summed E-state index contributed by atoms with van der Waals surface area (Å²) in [6, 6.07) is 20.2. The molecule has 2 aromatic carbocycles. The van der Waals surface area contributed by atoms with Crippen LogP contribution >= 0.6 is 0 Å². The van der Waals surface area contributed by atoms with Crippen LogP contribution in [-0.4, -0.2) is 15.9 Å². The molecule has 0 atom stereocenters. The van der Waals surface area contributed by atoms with Gasteiger partial charge in [-0.1, -0.05) is 64.1 Å². The van der Waals surface area contributed by atoms with E-state index in [2.05, 4.69) is 76.0 Å². The van der Waals surface area contributed by atoms with Crippen molar-refractivity contribution in [3.05, 3.63) is 89.3 Å². The normalized spacial score (nSPS) is 11.5. The quantitative estimate of drug-likeness (QED) is 0.140. The van der Waals surface area contributed by atoms with Crippen LogP contribution < -0.4 is 0 Å². The number of pyridine rings is 1. The average Bonchev–Trinajstić information content (AvgIpc) is 3.09. The van der Waals surface area contributed by atoms with Crippen molar-refractivity contribution in [1.82, 2.24) is 4.98 Å². The number of nitrogens with zero attached hydrogens (tertiary/aromatic N) is 1. The molecule has 1 N–H and O–H groups in total. The van der Waals surface area contributed by atoms with E-state index in [-0.39, 0.29) is 37.1 Å². The maximum Gasteiger partial charge on any atom is 0.155 e. The van der Waals surface area contributed by atoms with Crippen molar-refractivity contribution in [3.63, 3.8) is 0 Å². The van der Waals surface area contributed by atoms with Gasteiger partial charge in [-0.15, -0.1) is 34.9 Å². The Labute approximate surface area is 221 Å². The van der Waals surface area contributed by atoms with Crippen LogP contribution in [0.25, 0.3) is 33.6 Å². The van der Waals surface area contributed by atoms with Gasteiger partial charge in [0.15, 0.2) is 11.4 Å². The number of carbonyl (C=O) groups excluding carboxylic acids is 1. The first-order valence-corrected chi connectivity index (χ1v) is 11.3. The molecule has 0 amide bonds. The monoisotopic (exact) mass is 647 g/mol. The number of benzene rings is 2. The third-order valence-electron chi connectivity index (χ3n) is 5.42. The molecule has 0 aliphatic rings. The standard InChI is InChI=1S/C25H24NO.C5H8O2.Ir/c1-16-11-19(13-20(12-16)25(3,4)5)22-14-21-17(2)24(27-23(21)15-26-22)18-9-7-6-8-10-18;1-4(6)3-5(2)7;/h6-10,12-15H,1-5H3;3,6H,1-2H3;/q-1;;/b;4-3-;. The molecule has 0 unspecified atom stereocenters. The van der Waals surface area contributed by atoms with Gasteiger partial charge in [-0.05, 0) is 31.9 Å². The summed E-state index contributed by atoms with van der Waals surface area (Å²) in [5.41, 5.74) is 7.53. The van der Waals surface area contributed by atoms with Crippen LogP contribution in [0.5, 0.6) is 0 Å². The molecule has 0 bridgehead atoms. The molecule has 0 saturated heterocycles. The fraction of sp³-hybridized carbons (Fsp3) is 0.267. The van der Waals surface area contributed by atoms with Gasteiger partial charge in [0.05, 0.1) is 12.0 Å². The summed E-state index contributed by atoms with van der Waals surface area (Å²) in [7, 11) is 0. The van der Waals surface area contributed by atoms with Crippen LogP contribution in [0.3, 0.4) is 0 Å². The molecule has 4 nitrogen and oxygen atoms in total. The topological polar surface area (TPSA) is 63.3 Å². The number of aliphatic hydroxyl groups is 1. The Balaban J connectivity index is 0.000000476. The minimum absolute atomic E-state index is 0. The summed E-state index contributed by atoms with van der Waals surface area (Å²) in [4.78, 5) is 14.7. The number of allylic oxidation sites excluding steroid dienone is 2. The number of carbonyl (C=O) groups is 1. The zero-order valence-electron chi connectivity index (χ0n) is 21.3. The predicted molar refractivity (Wildman–Crippen MR) is 139 cm³/mol. The first kappa shape index (κ1) is 28.2. The maximum atomic E-state index is 10.0. The Hall–Kier alpha value is -3.01. The van der Waals surface area contributed by atoms with Gasteiger partial charge < -0.3 is 14.5 Å². The van der Waals surface area contributed by atoms with Crippen molar-refractivity contribution in [3.8, 4) is 22.6 Å². The van der Waals surface area contributed by atoms with Crippen LogP contribution in [0.15, 0.2) is 71.0 Å². The van der Waals surface area contributed by atoms with Crippen LogP contribution in [-0.2, 0) is 30.3 Å². The molecule has 185 valence electrons. The first-order chi connectivity index (χ1) is 16.0. The zero-order chi connectivity index (χ0) is 25.0. The molecule has 0 aliphatic heterocycles. The Bertz CT molecular complexity index is 1340. The number of aliphatic hydroxyl groups excluding tert-OH is 1. The summed E-state index contributed by atoms with van der Waals surface area (Å²) in [6.45, 7) is 13.7. The summed E-state index contributed by atoms with van der Waals surface area (Å²) < 4.78 is 6.10. The van der Waals surface area contributed by atoms with Crippen molar-refractivity contribution in [2.24, 2.45) is 0 Å². The first-order valence-electron chi connectivity index (χ1n) is 11.3. The van der Waals surface area contributed by atoms with E-state index in [1.165, 1.54) is 25.5 Å². The molecule has 35 heavy (non-hydrogen) atoms. The van der Waals surface area contributed by atoms with E-state index in [1.54, 1.807) is 0 Å². The number of fused-ring (bicyclic) bond motifs is 1. The smallest absolute Gasteiger partial charge is 0.155 e. The largest absolute Gasteiger partial charge is 0.512 e. The minimum atomic E-state index is -0.125. The van der Waals surface area contributed by atoms with E-state index < -0.39 is 0 Å². The van der Waals surface area contributed by atoms with Gasteiger partial charge in [-0.3, -0.25) is 4.79 Å². The van der Waals surface area contributed by atoms with Gasteiger partial charge >= 0.3 is 0 Å². The molecule has 0 saturated carbocycles. The van der Waals surface area contributed by atoms with E-state index in [1.807, 2.05) is 24.4 Å². The van der Waals surface area contributed by atoms with E-state index >= 15 is 0 Å². The molecule has 4 aromatic rings. The summed E-state index contributed by atoms with van der Waals surface area (Å²) in [5.74, 6) is 0.848. The molecule has 5 heteroatoms. The molecule has 1 radical (unpaired) electrons. The zero-order valence-corrected chi connectivity index (χ0v) is 23.7. The fourth-order valence-corrected chi connectivity index (χ4v) is 3.72. The van der Waals surface area contributed by atoms with Crippen molar-refractivity contribution >= 4 is 16.8 Å². The van der Waals surface area contributed by atoms with Gasteiger partial charge in [0, 0.05) is 42.7 Å². The second kappa shape index (κ2) is 11.6. The number of furan rings is 1. The van der Waals surface area contributed by atoms with Gasteiger partial charge in [0.1, 0.15) is 5.76 Å². The molecular weight excluding hydrogens is 615 g/mol. The van der Waals surface area contributed by atoms with Gasteiger partial charge in [-0.2, -0.15) is 0 Å². The number of hydrogen-bond donors (Lipinski definition) is 1. The summed E-state index contributed by atoms with van der Waals surface area (Å²) in [6.07, 6.45) is 3.00. The fourth-order valence-electron chi connectivity index (χ4n) is 3.72. The van der Waals surface area contributed by atoms with Crippen LogP contribution in [0.2, 0.25) is 0 Å². The molecule has 0 spiro atoms. The van der Waals surface area contributed by atoms with Crippen molar-refractivity contribution in [2.75, 3.05) is 0 Å². The second-order valence-corrected chi connectivity index (χ2v) is 9.60. The minimum Gasteiger partial charge on any atom is -0.512 e. The average molecular weight is 647 g/mol. The van der Waals surface area contributed by atoms with Gasteiger partial charge in [0.2, 0.25) is 0 Å². The number of ketones is 1. The summed E-state index contributed by atoms with van der Waals surface area (Å²) >= 11 is 0. The second-order valence-electron chi connectivity index (χ2n) is 9.60. The number of aromatic nitrogens is 1. The predicted octanol–water partition coefficient (Wildman–Crippen LogP) is 7.91. The van der Waals surface area contributed by atoms with Crippen LogP contribution in [0, 0.1) is 19.9 Å². The molecule has 2 heterocycles. The molecule has 0 fully saturated rings. The van der Waals surface area contributed by atoms with Crippen molar-refractivity contribution < 1.29 is 34.4 Å². The maximum absolute atomic E-state index is 10.0. The van der Waals surface area contributed by atoms with E-state index in [0.29, 0.717) is 0 Å². The van der Waals surface area contributed by atoms with E-state index in [4.69, 9.17) is 9.52 Å². The summed E-state index contributed by atoms with van der Waals surface area (Å²) in [5, 5.41) is 9.47. The van der Waals surface area contributed by atoms with Crippen LogP contribution in [0.1, 0.15) is 51.3 Å². The Kier molecular flexibility index (Phi) is 9.37. The Morgan fingerprint density at radius 2 is 1.71 bits per heavy atom. The van der Waals surface area contributed by atoms with Crippen molar-refractivity contribution in [2.45, 2.75) is 53.9 Å². The van der Waals surface area contributed by atoms with E-state index in [9.17, 15) is 4.79 Å². The molecular formula is C30H32IrNO3-. The van der Waals surface area contributed by atoms with Gasteiger partial charge in [-0.25, -0.2) is 0 Å². The molecule has 0 aliphatic carbocycles. The number of aryl methyl sites for hydroxylation is 2. The Morgan fingerprint density at radius 1 is 1.06 bits per heavy atom. The number of rotatable bonds is 3. The van der Waals surface area contributed by atoms with Gasteiger partial charge in [0.25, 0.3) is 0 Å². The third kappa shape index (κ3) is 7.24. The SMILES string of the molecule is CC(=O)/C=C(/C)O.Cc1[c-]c(-c2cc3c(C)c(-c4ccccc4)oc3cn2)cc(C(C)(C)C)c1.[Ir]. The molecule has 4 rings (SSSR count). The Morgan fingerprint density at radius 3 is 2.26 bits per heavy atom. The third-order valence-corrected chi connectivity index (χ3v) is 5.42. The van der Waals surface area contributed by atoms with Crippen molar-refractivity contribution in [1.29, 1.82) is 0 Å². The molecule has 2 aromatic heterocycles. The van der Waals surface area contributed by atoms with Crippen LogP contribution in [0.4, 0.5) is 0 Å². The number of hydrogen-bond acceptors (Lipinski definition) is 4.